The lowest BCUT2D eigenvalue weighted by Crippen LogP contribution is -2.31. The molecule has 0 bridgehead atoms. The molecule has 21 heavy (non-hydrogen) atoms. The Labute approximate surface area is 128 Å². The van der Waals surface area contributed by atoms with E-state index >= 15 is 0 Å². The van der Waals surface area contributed by atoms with Crippen LogP contribution in [-0.4, -0.2) is 32.4 Å². The van der Waals surface area contributed by atoms with Crippen LogP contribution in [0.25, 0.3) is 0 Å². The second-order valence-corrected chi connectivity index (χ2v) is 6.71. The van der Waals surface area contributed by atoms with E-state index in [1.165, 1.54) is 4.31 Å². The van der Waals surface area contributed by atoms with Crippen LogP contribution in [0.15, 0.2) is 48.4 Å². The molecule has 0 aliphatic carbocycles. The fraction of sp³-hybridized carbons (Fsp3) is 0.375. The van der Waals surface area contributed by atoms with Gasteiger partial charge in [-0.25, -0.2) is 8.42 Å². The van der Waals surface area contributed by atoms with Gasteiger partial charge in [0, 0.05) is 19.6 Å². The Hall–Kier alpha value is -1.43. The van der Waals surface area contributed by atoms with Crippen molar-refractivity contribution in [1.29, 1.82) is 0 Å². The highest BCUT2D eigenvalue weighted by atomic mass is 32.2. The first-order valence-corrected chi connectivity index (χ1v) is 8.43. The maximum Gasteiger partial charge on any atom is 0.243 e. The van der Waals surface area contributed by atoms with Gasteiger partial charge in [-0.2, -0.15) is 4.31 Å². The van der Waals surface area contributed by atoms with Crippen molar-refractivity contribution >= 4 is 10.0 Å². The molecule has 1 aromatic rings. The molecule has 0 saturated carbocycles. The predicted octanol–water partition coefficient (Wildman–Crippen LogP) is 2.47. The van der Waals surface area contributed by atoms with E-state index < -0.39 is 10.0 Å². The number of hydrogen-bond donors (Lipinski definition) is 1. The molecule has 0 spiro atoms. The summed E-state index contributed by atoms with van der Waals surface area (Å²) in [5.74, 6) is 0. The van der Waals surface area contributed by atoms with Gasteiger partial charge in [0.15, 0.2) is 0 Å². The van der Waals surface area contributed by atoms with Gasteiger partial charge in [0.05, 0.1) is 4.90 Å². The van der Waals surface area contributed by atoms with Gasteiger partial charge in [-0.3, -0.25) is 0 Å². The van der Waals surface area contributed by atoms with E-state index in [1.807, 2.05) is 19.9 Å². The molecule has 0 atom stereocenters. The Morgan fingerprint density at radius 1 is 1.24 bits per heavy atom. The third-order valence-electron chi connectivity index (χ3n) is 3.19. The van der Waals surface area contributed by atoms with Crippen molar-refractivity contribution in [3.05, 3.63) is 54.6 Å². The van der Waals surface area contributed by atoms with Gasteiger partial charge in [0.1, 0.15) is 0 Å². The molecule has 0 amide bonds. The number of benzene rings is 1. The SMILES string of the molecule is C=CCN(CC=C)S(=O)(=O)c1ccc(C)c(CNCC)c1. The molecule has 5 heteroatoms. The van der Waals surface area contributed by atoms with Crippen molar-refractivity contribution < 1.29 is 8.42 Å². The molecule has 1 rings (SSSR count). The average molecular weight is 308 g/mol. The van der Waals surface area contributed by atoms with Crippen LogP contribution in [0.1, 0.15) is 18.1 Å². The lowest BCUT2D eigenvalue weighted by molar-refractivity contribution is 0.474. The van der Waals surface area contributed by atoms with E-state index in [0.29, 0.717) is 11.4 Å². The summed E-state index contributed by atoms with van der Waals surface area (Å²) in [5, 5.41) is 3.22. The largest absolute Gasteiger partial charge is 0.313 e. The van der Waals surface area contributed by atoms with Gasteiger partial charge in [-0.05, 0) is 36.7 Å². The third kappa shape index (κ3) is 4.52. The van der Waals surface area contributed by atoms with Gasteiger partial charge in [-0.1, -0.05) is 25.1 Å². The van der Waals surface area contributed by atoms with Gasteiger partial charge < -0.3 is 5.32 Å². The first-order valence-electron chi connectivity index (χ1n) is 6.99. The third-order valence-corrected chi connectivity index (χ3v) is 5.02. The van der Waals surface area contributed by atoms with Gasteiger partial charge in [-0.15, -0.1) is 13.2 Å². The Bertz CT molecular complexity index is 584. The number of nitrogens with zero attached hydrogens (tertiary/aromatic N) is 1. The van der Waals surface area contributed by atoms with Crippen LogP contribution in [0.2, 0.25) is 0 Å². The first-order chi connectivity index (χ1) is 9.97. The van der Waals surface area contributed by atoms with E-state index in [1.54, 1.807) is 24.3 Å². The topological polar surface area (TPSA) is 49.4 Å². The summed E-state index contributed by atoms with van der Waals surface area (Å²) in [5.41, 5.74) is 2.07. The Kier molecular flexibility index (Phi) is 6.81. The molecule has 0 aliphatic rings. The highest BCUT2D eigenvalue weighted by molar-refractivity contribution is 7.89. The quantitative estimate of drug-likeness (QED) is 0.713. The van der Waals surface area contributed by atoms with Crippen molar-refractivity contribution in [1.82, 2.24) is 9.62 Å². The number of aryl methyl sites for hydroxylation is 1. The standard InChI is InChI=1S/C16H24N2O2S/c1-5-10-18(11-6-2)21(19,20)16-9-8-14(4)15(12-16)13-17-7-3/h5-6,8-9,12,17H,1-2,7,10-11,13H2,3-4H3. The number of sulfonamides is 1. The maximum absolute atomic E-state index is 12.7. The number of nitrogens with one attached hydrogen (secondary N) is 1. The van der Waals surface area contributed by atoms with E-state index in [4.69, 9.17) is 0 Å². The van der Waals surface area contributed by atoms with E-state index in [2.05, 4.69) is 18.5 Å². The lowest BCUT2D eigenvalue weighted by atomic mass is 10.1. The molecule has 0 heterocycles. The molecule has 0 saturated heterocycles. The molecule has 0 radical (unpaired) electrons. The lowest BCUT2D eigenvalue weighted by Gasteiger charge is -2.20. The summed E-state index contributed by atoms with van der Waals surface area (Å²) in [6.07, 6.45) is 3.16. The Balaban J connectivity index is 3.17. The van der Waals surface area contributed by atoms with Crippen LogP contribution in [0, 0.1) is 6.92 Å². The van der Waals surface area contributed by atoms with Crippen LogP contribution >= 0.6 is 0 Å². The fourth-order valence-electron chi connectivity index (χ4n) is 1.97. The maximum atomic E-state index is 12.7. The zero-order valence-corrected chi connectivity index (χ0v) is 13.6. The van der Waals surface area contributed by atoms with Crippen LogP contribution < -0.4 is 5.32 Å². The van der Waals surface area contributed by atoms with Crippen LogP contribution in [0.5, 0.6) is 0 Å². The van der Waals surface area contributed by atoms with Gasteiger partial charge in [0.2, 0.25) is 10.0 Å². The van der Waals surface area contributed by atoms with E-state index in [0.717, 1.165) is 17.7 Å². The monoisotopic (exact) mass is 308 g/mol. The van der Waals surface area contributed by atoms with E-state index in [9.17, 15) is 8.42 Å². The second-order valence-electron chi connectivity index (χ2n) is 4.77. The summed E-state index contributed by atoms with van der Waals surface area (Å²) >= 11 is 0. The van der Waals surface area contributed by atoms with Crippen molar-refractivity contribution in [3.8, 4) is 0 Å². The predicted molar refractivity (Wildman–Crippen MR) is 87.7 cm³/mol. The zero-order chi connectivity index (χ0) is 15.9. The van der Waals surface area contributed by atoms with Gasteiger partial charge >= 0.3 is 0 Å². The van der Waals surface area contributed by atoms with Gasteiger partial charge in [0.25, 0.3) is 0 Å². The first kappa shape index (κ1) is 17.6. The molecular weight excluding hydrogens is 284 g/mol. The summed E-state index contributed by atoms with van der Waals surface area (Å²) in [6, 6.07) is 5.24. The van der Waals surface area contributed by atoms with Crippen molar-refractivity contribution in [2.24, 2.45) is 0 Å². The van der Waals surface area contributed by atoms with Crippen molar-refractivity contribution in [2.75, 3.05) is 19.6 Å². The average Bonchev–Trinajstić information content (AvgIpc) is 2.46. The smallest absolute Gasteiger partial charge is 0.243 e. The summed E-state index contributed by atoms with van der Waals surface area (Å²) < 4.78 is 26.7. The fourth-order valence-corrected chi connectivity index (χ4v) is 3.40. The minimum Gasteiger partial charge on any atom is -0.313 e. The molecule has 1 N–H and O–H groups in total. The minimum absolute atomic E-state index is 0.269. The Morgan fingerprint density at radius 2 is 1.86 bits per heavy atom. The zero-order valence-electron chi connectivity index (χ0n) is 12.8. The van der Waals surface area contributed by atoms with Crippen molar-refractivity contribution in [2.45, 2.75) is 25.3 Å². The molecule has 4 nitrogen and oxygen atoms in total. The van der Waals surface area contributed by atoms with E-state index in [-0.39, 0.29) is 13.1 Å². The molecular formula is C16H24N2O2S. The molecule has 0 aliphatic heterocycles. The second kappa shape index (κ2) is 8.12. The molecule has 0 aromatic heterocycles. The highest BCUT2D eigenvalue weighted by Gasteiger charge is 2.22. The van der Waals surface area contributed by atoms with Crippen LogP contribution in [-0.2, 0) is 16.6 Å². The summed E-state index contributed by atoms with van der Waals surface area (Å²) in [6.45, 7) is 13.3. The highest BCUT2D eigenvalue weighted by Crippen LogP contribution is 2.19. The van der Waals surface area contributed by atoms with Crippen LogP contribution in [0.4, 0.5) is 0 Å². The minimum atomic E-state index is -3.53. The normalized spacial score (nSPS) is 11.6. The molecule has 0 unspecified atom stereocenters. The molecule has 1 aromatic carbocycles. The Morgan fingerprint density at radius 3 is 2.38 bits per heavy atom. The molecule has 0 fully saturated rings. The van der Waals surface area contributed by atoms with Crippen molar-refractivity contribution in [3.63, 3.8) is 0 Å². The summed E-state index contributed by atoms with van der Waals surface area (Å²) in [4.78, 5) is 0.310. The summed E-state index contributed by atoms with van der Waals surface area (Å²) in [7, 11) is -3.53. The van der Waals surface area contributed by atoms with Crippen LogP contribution in [0.3, 0.4) is 0 Å². The number of hydrogen-bond acceptors (Lipinski definition) is 3. The molecule has 116 valence electrons. The number of rotatable bonds is 9.